The lowest BCUT2D eigenvalue weighted by Crippen LogP contribution is -2.21. The summed E-state index contributed by atoms with van der Waals surface area (Å²) in [6, 6.07) is 13.6. The van der Waals surface area contributed by atoms with Crippen LogP contribution >= 0.6 is 11.3 Å². The van der Waals surface area contributed by atoms with Crippen LogP contribution in [0.1, 0.15) is 17.9 Å². The van der Waals surface area contributed by atoms with Crippen LogP contribution in [0.25, 0.3) is 22.6 Å². The number of amides is 1. The fourth-order valence-corrected chi connectivity index (χ4v) is 3.58. The van der Waals surface area contributed by atoms with Crippen LogP contribution < -0.4 is 5.32 Å². The first-order chi connectivity index (χ1) is 16.0. The second-order valence-electron chi connectivity index (χ2n) is 7.13. The predicted octanol–water partition coefficient (Wildman–Crippen LogP) is 4.42. The van der Waals surface area contributed by atoms with Crippen molar-refractivity contribution in [2.75, 3.05) is 11.9 Å². The molecule has 0 atom stereocenters. The Morgan fingerprint density at radius 3 is 2.55 bits per heavy atom. The molecule has 2 heterocycles. The summed E-state index contributed by atoms with van der Waals surface area (Å²) < 4.78 is 23.1. The fourth-order valence-electron chi connectivity index (χ4n) is 2.84. The number of rotatable bonds is 8. The Bertz CT molecular complexity index is 1250. The van der Waals surface area contributed by atoms with Gasteiger partial charge in [-0.05, 0) is 31.2 Å². The number of nitrogens with one attached hydrogen (secondary N) is 1. The van der Waals surface area contributed by atoms with Crippen LogP contribution in [0.5, 0.6) is 0 Å². The molecular formula is C23H19FN4O4S. The van der Waals surface area contributed by atoms with Gasteiger partial charge in [0.25, 0.3) is 5.91 Å². The van der Waals surface area contributed by atoms with E-state index in [1.54, 1.807) is 0 Å². The van der Waals surface area contributed by atoms with Crippen molar-refractivity contribution in [3.05, 3.63) is 71.2 Å². The molecule has 0 radical (unpaired) electrons. The lowest BCUT2D eigenvalue weighted by atomic mass is 10.1. The molecule has 0 aliphatic rings. The molecule has 0 bridgehead atoms. The van der Waals surface area contributed by atoms with E-state index < -0.39 is 18.5 Å². The van der Waals surface area contributed by atoms with Gasteiger partial charge < -0.3 is 9.26 Å². The average molecular weight is 466 g/mol. The molecule has 0 saturated carbocycles. The number of benzene rings is 2. The molecule has 168 valence electrons. The Labute approximate surface area is 192 Å². The first-order valence-corrected chi connectivity index (χ1v) is 10.9. The van der Waals surface area contributed by atoms with Gasteiger partial charge in [-0.2, -0.15) is 4.98 Å². The van der Waals surface area contributed by atoms with Gasteiger partial charge in [0.2, 0.25) is 11.7 Å². The van der Waals surface area contributed by atoms with Crippen LogP contribution in [0.15, 0.2) is 58.4 Å². The summed E-state index contributed by atoms with van der Waals surface area (Å²) in [7, 11) is 0. The highest BCUT2D eigenvalue weighted by molar-refractivity contribution is 7.14. The number of halogens is 1. The van der Waals surface area contributed by atoms with E-state index in [1.807, 2.05) is 36.6 Å². The van der Waals surface area contributed by atoms with Gasteiger partial charge in [0.05, 0.1) is 12.1 Å². The largest absolute Gasteiger partial charge is 0.456 e. The zero-order chi connectivity index (χ0) is 23.2. The molecule has 0 aliphatic heterocycles. The number of hydrogen-bond acceptors (Lipinski definition) is 8. The molecule has 0 unspecified atom stereocenters. The zero-order valence-corrected chi connectivity index (χ0v) is 18.4. The SMILES string of the molecule is Cc1ccc(-c2csc(NC(=O)COC(=O)CCc3nc(-c4ccc(F)cc4)no3)n2)cc1. The van der Waals surface area contributed by atoms with E-state index in [1.165, 1.54) is 35.6 Å². The Morgan fingerprint density at radius 1 is 1.06 bits per heavy atom. The molecule has 1 N–H and O–H groups in total. The van der Waals surface area contributed by atoms with Crippen LogP contribution in [-0.2, 0) is 20.7 Å². The average Bonchev–Trinajstić information content (AvgIpc) is 3.47. The van der Waals surface area contributed by atoms with Gasteiger partial charge in [-0.25, -0.2) is 9.37 Å². The highest BCUT2D eigenvalue weighted by Gasteiger charge is 2.14. The lowest BCUT2D eigenvalue weighted by Gasteiger charge is -2.03. The van der Waals surface area contributed by atoms with E-state index in [0.717, 1.165) is 16.8 Å². The first kappa shape index (κ1) is 22.3. The maximum absolute atomic E-state index is 13.0. The van der Waals surface area contributed by atoms with Crippen molar-refractivity contribution in [3.8, 4) is 22.6 Å². The third kappa shape index (κ3) is 6.07. The molecule has 0 spiro atoms. The van der Waals surface area contributed by atoms with Crippen LogP contribution in [0, 0.1) is 12.7 Å². The minimum atomic E-state index is -0.578. The molecule has 8 nitrogen and oxygen atoms in total. The molecule has 0 aliphatic carbocycles. The van der Waals surface area contributed by atoms with Gasteiger partial charge in [0, 0.05) is 22.9 Å². The van der Waals surface area contributed by atoms with Crippen molar-refractivity contribution >= 4 is 28.3 Å². The van der Waals surface area contributed by atoms with E-state index in [9.17, 15) is 14.0 Å². The van der Waals surface area contributed by atoms with Gasteiger partial charge in [-0.3, -0.25) is 14.9 Å². The zero-order valence-electron chi connectivity index (χ0n) is 17.6. The topological polar surface area (TPSA) is 107 Å². The molecule has 2 aromatic carbocycles. The van der Waals surface area contributed by atoms with Gasteiger partial charge >= 0.3 is 5.97 Å². The molecule has 4 aromatic rings. The minimum Gasteiger partial charge on any atom is -0.456 e. The Morgan fingerprint density at radius 2 is 1.79 bits per heavy atom. The number of esters is 1. The van der Waals surface area contributed by atoms with Crippen LogP contribution in [-0.4, -0.2) is 33.6 Å². The summed E-state index contributed by atoms with van der Waals surface area (Å²) in [4.78, 5) is 32.6. The molecule has 4 rings (SSSR count). The van der Waals surface area contributed by atoms with Gasteiger partial charge in [0.15, 0.2) is 11.7 Å². The Balaban J connectivity index is 1.21. The van der Waals surface area contributed by atoms with Crippen molar-refractivity contribution in [1.82, 2.24) is 15.1 Å². The number of carbonyl (C=O) groups is 2. The number of carbonyl (C=O) groups excluding carboxylic acids is 2. The number of aryl methyl sites for hydroxylation is 2. The Kier molecular flexibility index (Phi) is 6.84. The third-order valence-corrected chi connectivity index (χ3v) is 5.33. The molecular weight excluding hydrogens is 447 g/mol. The standard InChI is InChI=1S/C23H19FN4O4S/c1-14-2-4-15(5-3-14)18-13-33-23(25-18)26-19(29)12-31-21(30)11-10-20-27-22(28-32-20)16-6-8-17(24)9-7-16/h2-9,13H,10-12H2,1H3,(H,25,26,29). The van der Waals surface area contributed by atoms with E-state index in [0.29, 0.717) is 16.5 Å². The number of hydrogen-bond donors (Lipinski definition) is 1. The summed E-state index contributed by atoms with van der Waals surface area (Å²) in [6.07, 6.45) is 0.119. The van der Waals surface area contributed by atoms with Crippen LogP contribution in [0.4, 0.5) is 9.52 Å². The highest BCUT2D eigenvalue weighted by Crippen LogP contribution is 2.25. The number of aromatic nitrogens is 3. The van der Waals surface area contributed by atoms with Crippen LogP contribution in [0.3, 0.4) is 0 Å². The Hall–Kier alpha value is -3.92. The monoisotopic (exact) mass is 466 g/mol. The molecule has 1 amide bonds. The van der Waals surface area contributed by atoms with Gasteiger partial charge in [-0.15, -0.1) is 11.3 Å². The van der Waals surface area contributed by atoms with E-state index in [4.69, 9.17) is 9.26 Å². The maximum Gasteiger partial charge on any atom is 0.306 e. The molecule has 10 heteroatoms. The van der Waals surface area contributed by atoms with Crippen molar-refractivity contribution in [1.29, 1.82) is 0 Å². The second kappa shape index (κ2) is 10.1. The fraction of sp³-hybridized carbons (Fsp3) is 0.174. The van der Waals surface area contributed by atoms with Gasteiger partial charge in [0.1, 0.15) is 5.82 Å². The van der Waals surface area contributed by atoms with E-state index in [2.05, 4.69) is 20.4 Å². The summed E-state index contributed by atoms with van der Waals surface area (Å²) in [6.45, 7) is 1.58. The lowest BCUT2D eigenvalue weighted by molar-refractivity contribution is -0.147. The van der Waals surface area contributed by atoms with Crippen molar-refractivity contribution in [2.45, 2.75) is 19.8 Å². The second-order valence-corrected chi connectivity index (χ2v) is 7.99. The molecule has 0 saturated heterocycles. The summed E-state index contributed by atoms with van der Waals surface area (Å²) in [5, 5.41) is 8.70. The van der Waals surface area contributed by atoms with Crippen molar-refractivity contribution in [3.63, 3.8) is 0 Å². The highest BCUT2D eigenvalue weighted by atomic mass is 32.1. The van der Waals surface area contributed by atoms with Crippen LogP contribution in [0.2, 0.25) is 0 Å². The molecule has 2 aromatic heterocycles. The number of nitrogens with zero attached hydrogens (tertiary/aromatic N) is 3. The molecule has 33 heavy (non-hydrogen) atoms. The van der Waals surface area contributed by atoms with E-state index in [-0.39, 0.29) is 24.5 Å². The third-order valence-electron chi connectivity index (χ3n) is 4.58. The normalized spacial score (nSPS) is 10.7. The molecule has 0 fully saturated rings. The summed E-state index contributed by atoms with van der Waals surface area (Å²) in [5.41, 5.74) is 3.45. The number of thiazole rings is 1. The van der Waals surface area contributed by atoms with Gasteiger partial charge in [-0.1, -0.05) is 35.0 Å². The number of ether oxygens (including phenoxy) is 1. The maximum atomic E-state index is 13.0. The summed E-state index contributed by atoms with van der Waals surface area (Å²) >= 11 is 1.29. The minimum absolute atomic E-state index is 0.0346. The van der Waals surface area contributed by atoms with Crippen molar-refractivity contribution in [2.24, 2.45) is 0 Å². The smallest absolute Gasteiger partial charge is 0.306 e. The van der Waals surface area contributed by atoms with Crippen molar-refractivity contribution < 1.29 is 23.2 Å². The first-order valence-electron chi connectivity index (χ1n) is 10.0. The summed E-state index contributed by atoms with van der Waals surface area (Å²) in [5.74, 6) is -0.889. The quantitative estimate of drug-likeness (QED) is 0.383. The number of anilines is 1. The van der Waals surface area contributed by atoms with E-state index >= 15 is 0 Å². The predicted molar refractivity (Wildman–Crippen MR) is 120 cm³/mol.